The Kier molecular flexibility index (Phi) is 10.9. The number of anilines is 3. The van der Waals surface area contributed by atoms with Crippen molar-refractivity contribution in [1.29, 1.82) is 0 Å². The van der Waals surface area contributed by atoms with Crippen molar-refractivity contribution >= 4 is 105 Å². The van der Waals surface area contributed by atoms with Gasteiger partial charge in [0.2, 0.25) is 0 Å². The molecule has 0 amide bonds. The van der Waals surface area contributed by atoms with Gasteiger partial charge < -0.3 is 22.6 Å². The van der Waals surface area contributed by atoms with E-state index in [1.54, 1.807) is 0 Å². The van der Waals surface area contributed by atoms with Gasteiger partial charge in [-0.25, -0.2) is 0 Å². The molecule has 0 radical (unpaired) electrons. The number of hydrogen-bond acceptors (Lipinski definition) is 5. The van der Waals surface area contributed by atoms with Crippen molar-refractivity contribution in [2.45, 2.75) is 44.4 Å². The largest absolute Gasteiger partial charge is 0.455 e. The smallest absolute Gasteiger partial charge is 0.160 e. The van der Waals surface area contributed by atoms with Gasteiger partial charge in [0.05, 0.1) is 22.2 Å². The molecule has 17 aromatic rings. The quantitative estimate of drug-likeness (QED) is 0.159. The molecule has 0 saturated carbocycles. The lowest BCUT2D eigenvalue weighted by molar-refractivity contribution is 0.590. The third kappa shape index (κ3) is 6.81. The molecule has 4 heterocycles. The van der Waals surface area contributed by atoms with Gasteiger partial charge in [-0.2, -0.15) is 0 Å². The molecule has 5 heteroatoms. The summed E-state index contributed by atoms with van der Waals surface area (Å²) in [7, 11) is 0. The molecule has 0 atom stereocenters. The van der Waals surface area contributed by atoms with Crippen molar-refractivity contribution in [2.24, 2.45) is 0 Å². The Labute approximate surface area is 520 Å². The number of para-hydroxylation sites is 4. The van der Waals surface area contributed by atoms with E-state index < -0.39 is 10.8 Å². The van der Waals surface area contributed by atoms with E-state index in [-0.39, 0.29) is 12.8 Å². The highest BCUT2D eigenvalue weighted by atomic mass is 16.3. The van der Waals surface area contributed by atoms with Crippen molar-refractivity contribution in [2.75, 3.05) is 4.90 Å². The van der Waals surface area contributed by atoms with E-state index in [0.717, 1.165) is 172 Å². The fourth-order valence-electron chi connectivity index (χ4n) is 16.0. The van der Waals surface area contributed by atoms with Crippen molar-refractivity contribution in [1.82, 2.24) is 0 Å². The first-order valence-electron chi connectivity index (χ1n) is 30.8. The van der Waals surface area contributed by atoms with Crippen LogP contribution in [0.15, 0.2) is 297 Å². The second-order valence-electron chi connectivity index (χ2n) is 25.3. The van der Waals surface area contributed by atoms with Crippen LogP contribution in [0.1, 0.15) is 78.3 Å². The normalized spacial score (nSPS) is 13.8. The average molecular weight is 1160 g/mol. The molecular weight excluding hydrogens is 1100 g/mol. The van der Waals surface area contributed by atoms with Crippen LogP contribution in [0.5, 0.6) is 0 Å². The van der Waals surface area contributed by atoms with Crippen molar-refractivity contribution in [3.05, 3.63) is 329 Å². The summed E-state index contributed by atoms with van der Waals surface area (Å²) in [5.41, 5.74) is 21.9. The summed E-state index contributed by atoms with van der Waals surface area (Å²) >= 11 is 0. The lowest BCUT2D eigenvalue weighted by Gasteiger charge is -2.36. The van der Waals surface area contributed by atoms with Crippen LogP contribution in [0, 0.1) is 0 Å². The average Bonchev–Trinajstić information content (AvgIpc) is 1.51. The van der Waals surface area contributed by atoms with E-state index in [1.165, 1.54) is 5.56 Å². The molecule has 0 fully saturated rings. The minimum absolute atomic E-state index is 0. The summed E-state index contributed by atoms with van der Waals surface area (Å²) < 4.78 is 29.7. The Bertz CT molecular complexity index is 5350. The standard InChI is InChI=1S/C84H55NO4.CH4/c1-82(2,3)50-40-42-55(43-41-50)85(66-48-64-74(72-60-34-18-22-38-70(60)88-80(66)72)76-62(46-44-58-56-32-16-20-36-68(56)86-78(58)76)83(64,51-24-8-4-9-25-51)52-26-10-5-11-27-52)67-49-65-75(73-61-35-19-23-39-71(61)89-81(67)73)77-63(47-45-59-57-33-17-21-37-69(57)87-79(59)77)84(65,53-28-12-6-13-29-53)54-30-14-7-15-31-54;/h4-49H,1-3H3;1H4. The Hall–Kier alpha value is -11.1. The summed E-state index contributed by atoms with van der Waals surface area (Å²) in [6, 6.07) is 102. The number of benzene rings is 13. The third-order valence-corrected chi connectivity index (χ3v) is 19.8. The van der Waals surface area contributed by atoms with Gasteiger partial charge in [-0.05, 0) is 104 Å². The van der Waals surface area contributed by atoms with Gasteiger partial charge in [0, 0.05) is 71.0 Å². The van der Waals surface area contributed by atoms with Crippen LogP contribution in [0.3, 0.4) is 0 Å². The topological polar surface area (TPSA) is 55.8 Å². The molecular formula is C85H59NO4. The van der Waals surface area contributed by atoms with Crippen molar-refractivity contribution in [3.63, 3.8) is 0 Å². The van der Waals surface area contributed by atoms with E-state index in [4.69, 9.17) is 17.7 Å². The maximum Gasteiger partial charge on any atom is 0.160 e. The van der Waals surface area contributed by atoms with E-state index in [1.807, 2.05) is 0 Å². The fraction of sp³-hybridized carbons (Fsp3) is 0.0824. The summed E-state index contributed by atoms with van der Waals surface area (Å²) in [6.07, 6.45) is 0. The minimum atomic E-state index is -0.856. The first-order chi connectivity index (χ1) is 43.8. The number of rotatable bonds is 7. The highest BCUT2D eigenvalue weighted by Gasteiger charge is 2.52. The van der Waals surface area contributed by atoms with Crippen LogP contribution in [-0.4, -0.2) is 0 Å². The zero-order chi connectivity index (χ0) is 58.9. The van der Waals surface area contributed by atoms with Crippen molar-refractivity contribution < 1.29 is 17.7 Å². The van der Waals surface area contributed by atoms with Gasteiger partial charge in [-0.3, -0.25) is 0 Å². The van der Waals surface area contributed by atoms with Crippen LogP contribution >= 0.6 is 0 Å². The monoisotopic (exact) mass is 1160 g/mol. The molecule has 0 unspecified atom stereocenters. The Morgan fingerprint density at radius 3 is 0.978 bits per heavy atom. The summed E-state index contributed by atoms with van der Waals surface area (Å²) in [6.45, 7) is 6.84. The molecule has 0 aliphatic heterocycles. The predicted octanol–water partition coefficient (Wildman–Crippen LogP) is 23.4. The van der Waals surface area contributed by atoms with Crippen LogP contribution in [0.25, 0.3) is 110 Å². The molecule has 5 nitrogen and oxygen atoms in total. The third-order valence-electron chi connectivity index (χ3n) is 19.8. The molecule has 0 spiro atoms. The van der Waals surface area contributed by atoms with Crippen molar-refractivity contribution in [3.8, 4) is 22.3 Å². The molecule has 2 aliphatic carbocycles. The highest BCUT2D eigenvalue weighted by Crippen LogP contribution is 2.66. The van der Waals surface area contributed by atoms with E-state index in [2.05, 4.69) is 305 Å². The summed E-state index contributed by atoms with van der Waals surface area (Å²) in [5, 5.41) is 8.35. The summed E-state index contributed by atoms with van der Waals surface area (Å²) in [4.78, 5) is 2.46. The number of hydrogen-bond donors (Lipinski definition) is 0. The van der Waals surface area contributed by atoms with E-state index >= 15 is 0 Å². The zero-order valence-electron chi connectivity index (χ0n) is 49.1. The number of nitrogens with zero attached hydrogens (tertiary/aromatic N) is 1. The molecule has 0 saturated heterocycles. The Balaban J connectivity index is 0.00000603. The summed E-state index contributed by atoms with van der Waals surface area (Å²) in [5.74, 6) is 0. The Morgan fingerprint density at radius 2 is 0.611 bits per heavy atom. The van der Waals surface area contributed by atoms with E-state index in [0.29, 0.717) is 0 Å². The SMILES string of the molecule is C.CC(C)(C)c1ccc(N(c2cc3c(c4c2oc2ccccc24)-c2c(ccc4c2oc2ccccc24)C3(c2ccccc2)c2ccccc2)c2cc3c(c4c2oc2ccccc24)-c2c(ccc4c2oc2ccccc24)C3(c2ccccc2)c2ccccc2)cc1. The second-order valence-corrected chi connectivity index (χ2v) is 25.3. The molecule has 2 aliphatic rings. The van der Waals surface area contributed by atoms with Gasteiger partial charge in [0.1, 0.15) is 33.5 Å². The lowest BCUT2D eigenvalue weighted by atomic mass is 9.67. The number of fused-ring (bicyclic) bond motifs is 22. The predicted molar refractivity (Wildman–Crippen MR) is 370 cm³/mol. The first-order valence-corrected chi connectivity index (χ1v) is 30.8. The molecule has 90 heavy (non-hydrogen) atoms. The Morgan fingerprint density at radius 1 is 0.289 bits per heavy atom. The zero-order valence-corrected chi connectivity index (χ0v) is 49.1. The number of furan rings is 4. The van der Waals surface area contributed by atoms with Gasteiger partial charge in [0.25, 0.3) is 0 Å². The van der Waals surface area contributed by atoms with Gasteiger partial charge in [0.15, 0.2) is 11.2 Å². The molecule has 13 aromatic carbocycles. The van der Waals surface area contributed by atoms with Crippen LogP contribution in [0.4, 0.5) is 17.1 Å². The van der Waals surface area contributed by atoms with Crippen LogP contribution in [-0.2, 0) is 16.2 Å². The lowest BCUT2D eigenvalue weighted by Crippen LogP contribution is -2.29. The van der Waals surface area contributed by atoms with E-state index in [9.17, 15) is 0 Å². The van der Waals surface area contributed by atoms with Gasteiger partial charge in [-0.15, -0.1) is 0 Å². The maximum atomic E-state index is 7.63. The highest BCUT2D eigenvalue weighted by molar-refractivity contribution is 6.27. The van der Waals surface area contributed by atoms with Crippen LogP contribution < -0.4 is 4.90 Å². The fourth-order valence-corrected chi connectivity index (χ4v) is 16.0. The maximum absolute atomic E-state index is 7.63. The molecule has 0 N–H and O–H groups in total. The van der Waals surface area contributed by atoms with Crippen LogP contribution in [0.2, 0.25) is 0 Å². The molecule has 428 valence electrons. The molecule has 0 bridgehead atoms. The molecule has 19 rings (SSSR count). The van der Waals surface area contributed by atoms with Gasteiger partial charge in [-0.1, -0.05) is 259 Å². The molecule has 4 aromatic heterocycles. The second kappa shape index (κ2) is 18.9. The first kappa shape index (κ1) is 52.0. The minimum Gasteiger partial charge on any atom is -0.455 e. The van der Waals surface area contributed by atoms with Gasteiger partial charge >= 0.3 is 0 Å².